The van der Waals surface area contributed by atoms with E-state index in [1.54, 1.807) is 14.2 Å². The molecule has 118 valence electrons. The summed E-state index contributed by atoms with van der Waals surface area (Å²) < 4.78 is 5.39. The van der Waals surface area contributed by atoms with Crippen molar-refractivity contribution in [3.05, 3.63) is 30.0 Å². The van der Waals surface area contributed by atoms with E-state index >= 15 is 0 Å². The van der Waals surface area contributed by atoms with Crippen molar-refractivity contribution in [2.45, 2.75) is 26.8 Å². The fourth-order valence-electron chi connectivity index (χ4n) is 2.49. The number of hydrogen-bond acceptors (Lipinski definition) is 4. The number of likely N-dealkylation sites (N-methyl/N-ethyl adjacent to an activating group) is 1. The minimum absolute atomic E-state index is 0.0273. The Morgan fingerprint density at radius 2 is 2.05 bits per heavy atom. The van der Waals surface area contributed by atoms with Crippen LogP contribution in [0.1, 0.15) is 19.5 Å². The number of benzene rings is 1. The molecule has 1 amide bonds. The molecule has 1 heterocycles. The molecule has 1 aromatic carbocycles. The van der Waals surface area contributed by atoms with Gasteiger partial charge in [-0.3, -0.25) is 4.79 Å². The van der Waals surface area contributed by atoms with Crippen LogP contribution in [-0.4, -0.2) is 31.1 Å². The highest BCUT2D eigenvalue weighted by Crippen LogP contribution is 2.30. The molecule has 5 nitrogen and oxygen atoms in total. The van der Waals surface area contributed by atoms with Gasteiger partial charge in [-0.25, -0.2) is 4.98 Å². The largest absolute Gasteiger partial charge is 0.494 e. The molecule has 0 bridgehead atoms. The molecule has 0 aliphatic heterocycles. The van der Waals surface area contributed by atoms with E-state index in [2.05, 4.69) is 15.6 Å². The topological polar surface area (TPSA) is 63.2 Å². The lowest BCUT2D eigenvalue weighted by atomic mass is 10.0. The van der Waals surface area contributed by atoms with Crippen molar-refractivity contribution in [1.82, 2.24) is 10.3 Å². The third kappa shape index (κ3) is 3.13. The van der Waals surface area contributed by atoms with Crippen LogP contribution >= 0.6 is 0 Å². The number of amides is 1. The molecule has 0 fully saturated rings. The van der Waals surface area contributed by atoms with E-state index in [0.717, 1.165) is 28.0 Å². The third-order valence-corrected chi connectivity index (χ3v) is 3.66. The molecule has 1 unspecified atom stereocenters. The van der Waals surface area contributed by atoms with Crippen LogP contribution in [0.2, 0.25) is 0 Å². The second-order valence-electron chi connectivity index (χ2n) is 5.65. The zero-order valence-corrected chi connectivity index (χ0v) is 13.7. The van der Waals surface area contributed by atoms with Gasteiger partial charge in [0.2, 0.25) is 5.91 Å². The number of carbonyl (C=O) groups excluding carboxylic acids is 1. The maximum absolute atomic E-state index is 12.1. The number of fused-ring (bicyclic) bond motifs is 1. The number of ether oxygens (including phenoxy) is 1. The zero-order chi connectivity index (χ0) is 16.3. The molecule has 0 saturated carbocycles. The van der Waals surface area contributed by atoms with E-state index in [1.165, 1.54) is 0 Å². The van der Waals surface area contributed by atoms with E-state index < -0.39 is 0 Å². The number of para-hydroxylation sites is 1. The van der Waals surface area contributed by atoms with Crippen molar-refractivity contribution >= 4 is 22.5 Å². The summed E-state index contributed by atoms with van der Waals surface area (Å²) in [4.78, 5) is 16.6. The molecular formula is C17H23N3O2. The molecule has 0 radical (unpaired) electrons. The van der Waals surface area contributed by atoms with Crippen LogP contribution in [0.4, 0.5) is 5.69 Å². The number of aromatic nitrogens is 1. The standard InChI is InChI=1S/C17H23N3O2/c1-10(2)15(17(21)18-4)20-13-9-11(3)19-16-12(13)7-6-8-14(16)22-5/h6-10,15H,1-5H3,(H,18,21)(H,19,20). The SMILES string of the molecule is CNC(=O)C(Nc1cc(C)nc2c(OC)cccc12)C(C)C. The molecule has 2 N–H and O–H groups in total. The van der Waals surface area contributed by atoms with Crippen molar-refractivity contribution in [1.29, 1.82) is 0 Å². The van der Waals surface area contributed by atoms with Crippen LogP contribution in [-0.2, 0) is 4.79 Å². The van der Waals surface area contributed by atoms with Crippen LogP contribution in [0, 0.1) is 12.8 Å². The van der Waals surface area contributed by atoms with Crippen LogP contribution in [0.3, 0.4) is 0 Å². The average molecular weight is 301 g/mol. The number of nitrogens with one attached hydrogen (secondary N) is 2. The Bertz CT molecular complexity index is 683. The first-order chi connectivity index (χ1) is 10.5. The number of anilines is 1. The van der Waals surface area contributed by atoms with Gasteiger partial charge in [-0.2, -0.15) is 0 Å². The first kappa shape index (κ1) is 16.1. The molecule has 1 atom stereocenters. The first-order valence-electron chi connectivity index (χ1n) is 7.40. The summed E-state index contributed by atoms with van der Waals surface area (Å²) >= 11 is 0. The van der Waals surface area contributed by atoms with Crippen molar-refractivity contribution in [3.63, 3.8) is 0 Å². The predicted molar refractivity (Wildman–Crippen MR) is 89.3 cm³/mol. The predicted octanol–water partition coefficient (Wildman–Crippen LogP) is 2.73. The number of hydrogen-bond donors (Lipinski definition) is 2. The molecule has 22 heavy (non-hydrogen) atoms. The van der Waals surface area contributed by atoms with Crippen molar-refractivity contribution in [2.24, 2.45) is 5.92 Å². The van der Waals surface area contributed by atoms with E-state index in [1.807, 2.05) is 45.0 Å². The quantitative estimate of drug-likeness (QED) is 0.891. The molecule has 0 spiro atoms. The minimum atomic E-state index is -0.304. The molecular weight excluding hydrogens is 278 g/mol. The maximum Gasteiger partial charge on any atom is 0.242 e. The van der Waals surface area contributed by atoms with Crippen LogP contribution in [0.5, 0.6) is 5.75 Å². The van der Waals surface area contributed by atoms with Gasteiger partial charge < -0.3 is 15.4 Å². The lowest BCUT2D eigenvalue weighted by Gasteiger charge is -2.23. The van der Waals surface area contributed by atoms with Gasteiger partial charge in [0.05, 0.1) is 7.11 Å². The summed E-state index contributed by atoms with van der Waals surface area (Å²) in [5.74, 6) is 0.861. The number of nitrogens with zero attached hydrogens (tertiary/aromatic N) is 1. The maximum atomic E-state index is 12.1. The van der Waals surface area contributed by atoms with Gasteiger partial charge in [-0.1, -0.05) is 26.0 Å². The van der Waals surface area contributed by atoms with Gasteiger partial charge in [0.15, 0.2) is 0 Å². The van der Waals surface area contributed by atoms with Gasteiger partial charge in [-0.15, -0.1) is 0 Å². The van der Waals surface area contributed by atoms with Crippen LogP contribution < -0.4 is 15.4 Å². The van der Waals surface area contributed by atoms with Crippen LogP contribution in [0.25, 0.3) is 10.9 Å². The zero-order valence-electron chi connectivity index (χ0n) is 13.7. The second-order valence-corrected chi connectivity index (χ2v) is 5.65. The third-order valence-electron chi connectivity index (χ3n) is 3.66. The van der Waals surface area contributed by atoms with E-state index in [4.69, 9.17) is 4.74 Å². The molecule has 5 heteroatoms. The number of carbonyl (C=O) groups is 1. The van der Waals surface area contributed by atoms with Crippen molar-refractivity contribution in [2.75, 3.05) is 19.5 Å². The van der Waals surface area contributed by atoms with Gasteiger partial charge in [0.1, 0.15) is 17.3 Å². The Labute approximate surface area is 131 Å². The van der Waals surface area contributed by atoms with Gasteiger partial charge >= 0.3 is 0 Å². The Hall–Kier alpha value is -2.30. The first-order valence-corrected chi connectivity index (χ1v) is 7.40. The second kappa shape index (κ2) is 6.64. The number of aryl methyl sites for hydroxylation is 1. The summed E-state index contributed by atoms with van der Waals surface area (Å²) in [5, 5.41) is 7.01. The summed E-state index contributed by atoms with van der Waals surface area (Å²) in [7, 11) is 3.28. The highest BCUT2D eigenvalue weighted by molar-refractivity contribution is 5.97. The van der Waals surface area contributed by atoms with E-state index in [9.17, 15) is 4.79 Å². The molecule has 2 rings (SSSR count). The Morgan fingerprint density at radius 3 is 2.64 bits per heavy atom. The molecule has 0 saturated heterocycles. The molecule has 2 aromatic rings. The normalized spacial score (nSPS) is 12.3. The molecule has 1 aromatic heterocycles. The van der Waals surface area contributed by atoms with Crippen molar-refractivity contribution in [3.8, 4) is 5.75 Å². The summed E-state index contributed by atoms with van der Waals surface area (Å²) in [6.07, 6.45) is 0. The van der Waals surface area contributed by atoms with Gasteiger partial charge in [-0.05, 0) is 25.0 Å². The lowest BCUT2D eigenvalue weighted by molar-refractivity contribution is -0.122. The highest BCUT2D eigenvalue weighted by atomic mass is 16.5. The number of rotatable bonds is 5. The minimum Gasteiger partial charge on any atom is -0.494 e. The Morgan fingerprint density at radius 1 is 1.32 bits per heavy atom. The molecule has 0 aliphatic rings. The Balaban J connectivity index is 2.53. The number of methoxy groups -OCH3 is 1. The summed E-state index contributed by atoms with van der Waals surface area (Å²) in [6, 6.07) is 7.44. The fourth-order valence-corrected chi connectivity index (χ4v) is 2.49. The Kier molecular flexibility index (Phi) is 4.85. The van der Waals surface area contributed by atoms with Crippen molar-refractivity contribution < 1.29 is 9.53 Å². The number of pyridine rings is 1. The smallest absolute Gasteiger partial charge is 0.242 e. The van der Waals surface area contributed by atoms with Gasteiger partial charge in [0, 0.05) is 23.8 Å². The van der Waals surface area contributed by atoms with Gasteiger partial charge in [0.25, 0.3) is 0 Å². The fraction of sp³-hybridized carbons (Fsp3) is 0.412. The summed E-state index contributed by atoms with van der Waals surface area (Å²) in [6.45, 7) is 5.97. The van der Waals surface area contributed by atoms with Crippen LogP contribution in [0.15, 0.2) is 24.3 Å². The average Bonchev–Trinajstić information content (AvgIpc) is 2.50. The lowest BCUT2D eigenvalue weighted by Crippen LogP contribution is -2.41. The highest BCUT2D eigenvalue weighted by Gasteiger charge is 2.22. The van der Waals surface area contributed by atoms with E-state index in [0.29, 0.717) is 0 Å². The monoisotopic (exact) mass is 301 g/mol. The molecule has 0 aliphatic carbocycles. The summed E-state index contributed by atoms with van der Waals surface area (Å²) in [5.41, 5.74) is 2.56. The van der Waals surface area contributed by atoms with E-state index in [-0.39, 0.29) is 17.9 Å².